The standard InChI is InChI=1S/C8H11BrN4O/c9-6-3-11-7(13-6)4-10-5-1-8(14)12-2-5/h3,5,10H,1-2,4H2,(H,11,13)(H,12,14). The molecule has 2 rings (SSSR count). The third-order valence-corrected chi connectivity index (χ3v) is 2.54. The molecule has 3 N–H and O–H groups in total. The summed E-state index contributed by atoms with van der Waals surface area (Å²) < 4.78 is 0.870. The molecule has 14 heavy (non-hydrogen) atoms. The van der Waals surface area contributed by atoms with Crippen LogP contribution >= 0.6 is 15.9 Å². The van der Waals surface area contributed by atoms with E-state index in [4.69, 9.17) is 0 Å². The molecular weight excluding hydrogens is 248 g/mol. The second-order valence-electron chi connectivity index (χ2n) is 3.26. The van der Waals surface area contributed by atoms with Crippen molar-refractivity contribution in [2.24, 2.45) is 0 Å². The van der Waals surface area contributed by atoms with Gasteiger partial charge in [0.05, 0.1) is 12.7 Å². The van der Waals surface area contributed by atoms with E-state index in [0.717, 1.165) is 10.4 Å². The summed E-state index contributed by atoms with van der Waals surface area (Å²) in [4.78, 5) is 18.1. The van der Waals surface area contributed by atoms with Crippen LogP contribution in [0.5, 0.6) is 0 Å². The Morgan fingerprint density at radius 1 is 1.71 bits per heavy atom. The molecule has 1 fully saturated rings. The van der Waals surface area contributed by atoms with Crippen LogP contribution < -0.4 is 10.6 Å². The molecule has 1 aromatic rings. The molecule has 1 aliphatic heterocycles. The first-order valence-corrected chi connectivity index (χ1v) is 5.23. The molecule has 1 atom stereocenters. The van der Waals surface area contributed by atoms with Crippen molar-refractivity contribution in [3.63, 3.8) is 0 Å². The summed E-state index contributed by atoms with van der Waals surface area (Å²) in [6.07, 6.45) is 2.27. The molecule has 6 heteroatoms. The lowest BCUT2D eigenvalue weighted by atomic mass is 10.2. The van der Waals surface area contributed by atoms with Gasteiger partial charge in [0.1, 0.15) is 10.4 Å². The molecule has 2 heterocycles. The van der Waals surface area contributed by atoms with Crippen molar-refractivity contribution in [3.05, 3.63) is 16.6 Å². The van der Waals surface area contributed by atoms with Gasteiger partial charge in [-0.3, -0.25) is 4.79 Å². The van der Waals surface area contributed by atoms with Crippen LogP contribution in [-0.4, -0.2) is 28.5 Å². The fourth-order valence-corrected chi connectivity index (χ4v) is 1.75. The minimum absolute atomic E-state index is 0.114. The molecule has 1 unspecified atom stereocenters. The molecule has 5 nitrogen and oxygen atoms in total. The Morgan fingerprint density at radius 2 is 2.57 bits per heavy atom. The first-order valence-electron chi connectivity index (χ1n) is 4.43. The van der Waals surface area contributed by atoms with Crippen LogP contribution in [0.25, 0.3) is 0 Å². The van der Waals surface area contributed by atoms with Crippen molar-refractivity contribution >= 4 is 21.8 Å². The summed E-state index contributed by atoms with van der Waals surface area (Å²) in [5.41, 5.74) is 0. The Bertz CT molecular complexity index is 338. The maximum absolute atomic E-state index is 10.9. The second-order valence-corrected chi connectivity index (χ2v) is 4.12. The average molecular weight is 259 g/mol. The number of hydrogen-bond donors (Lipinski definition) is 3. The molecule has 76 valence electrons. The lowest BCUT2D eigenvalue weighted by molar-refractivity contribution is -0.119. The van der Waals surface area contributed by atoms with E-state index in [2.05, 4.69) is 36.5 Å². The van der Waals surface area contributed by atoms with Gasteiger partial charge >= 0.3 is 0 Å². The van der Waals surface area contributed by atoms with Gasteiger partial charge in [-0.05, 0) is 15.9 Å². The molecule has 1 aromatic heterocycles. The Balaban J connectivity index is 1.80. The highest BCUT2D eigenvalue weighted by molar-refractivity contribution is 9.10. The molecule has 0 spiro atoms. The summed E-state index contributed by atoms with van der Waals surface area (Å²) in [5.74, 6) is 0.986. The van der Waals surface area contributed by atoms with E-state index in [1.165, 1.54) is 0 Å². The zero-order valence-electron chi connectivity index (χ0n) is 7.51. The van der Waals surface area contributed by atoms with Gasteiger partial charge in [-0.2, -0.15) is 0 Å². The maximum atomic E-state index is 10.9. The van der Waals surface area contributed by atoms with Crippen LogP contribution in [0.15, 0.2) is 10.8 Å². The molecular formula is C8H11BrN4O. The first kappa shape index (κ1) is 9.67. The zero-order valence-corrected chi connectivity index (χ0v) is 9.10. The maximum Gasteiger partial charge on any atom is 0.221 e. The van der Waals surface area contributed by atoms with Gasteiger partial charge in [0, 0.05) is 19.0 Å². The quantitative estimate of drug-likeness (QED) is 0.723. The summed E-state index contributed by atoms with van der Waals surface area (Å²) in [6.45, 7) is 1.37. The minimum atomic E-state index is 0.114. The van der Waals surface area contributed by atoms with Gasteiger partial charge < -0.3 is 15.6 Å². The first-order chi connectivity index (χ1) is 6.74. The number of aromatic amines is 1. The monoisotopic (exact) mass is 258 g/mol. The average Bonchev–Trinajstić information content (AvgIpc) is 2.72. The zero-order chi connectivity index (χ0) is 9.97. The molecule has 0 aromatic carbocycles. The fraction of sp³-hybridized carbons (Fsp3) is 0.500. The van der Waals surface area contributed by atoms with Crippen molar-refractivity contribution in [1.29, 1.82) is 0 Å². The van der Waals surface area contributed by atoms with Crippen molar-refractivity contribution in [3.8, 4) is 0 Å². The van der Waals surface area contributed by atoms with Crippen LogP contribution in [0.1, 0.15) is 12.2 Å². The topological polar surface area (TPSA) is 69.8 Å². The highest BCUT2D eigenvalue weighted by Crippen LogP contribution is 2.05. The summed E-state index contributed by atoms with van der Waals surface area (Å²) in [7, 11) is 0. The number of aromatic nitrogens is 2. The second kappa shape index (κ2) is 4.10. The highest BCUT2D eigenvalue weighted by Gasteiger charge is 2.20. The molecule has 0 radical (unpaired) electrons. The molecule has 0 saturated carbocycles. The van der Waals surface area contributed by atoms with E-state index in [9.17, 15) is 4.79 Å². The normalized spacial score (nSPS) is 21.2. The third-order valence-electron chi connectivity index (χ3n) is 2.13. The van der Waals surface area contributed by atoms with Crippen molar-refractivity contribution in [2.45, 2.75) is 19.0 Å². The number of rotatable bonds is 3. The van der Waals surface area contributed by atoms with Crippen molar-refractivity contribution in [2.75, 3.05) is 6.54 Å². The predicted molar refractivity (Wildman–Crippen MR) is 54.5 cm³/mol. The Labute approximate surface area is 89.8 Å². The molecule has 1 amide bonds. The number of nitrogens with one attached hydrogen (secondary N) is 3. The fourth-order valence-electron chi connectivity index (χ4n) is 1.42. The van der Waals surface area contributed by atoms with Crippen LogP contribution in [0.4, 0.5) is 0 Å². The Hall–Kier alpha value is -0.880. The van der Waals surface area contributed by atoms with Crippen LogP contribution in [0, 0.1) is 0 Å². The summed E-state index contributed by atoms with van der Waals surface area (Å²) in [5, 5.41) is 6.01. The number of halogens is 1. The van der Waals surface area contributed by atoms with Gasteiger partial charge in [0.25, 0.3) is 0 Å². The molecule has 1 aliphatic rings. The van der Waals surface area contributed by atoms with E-state index in [1.54, 1.807) is 6.20 Å². The molecule has 1 saturated heterocycles. The summed E-state index contributed by atoms with van der Waals surface area (Å²) in [6, 6.07) is 0.228. The van der Waals surface area contributed by atoms with Crippen molar-refractivity contribution in [1.82, 2.24) is 20.6 Å². The van der Waals surface area contributed by atoms with E-state index >= 15 is 0 Å². The number of H-pyrrole nitrogens is 1. The third kappa shape index (κ3) is 2.33. The Morgan fingerprint density at radius 3 is 3.14 bits per heavy atom. The number of imidazole rings is 1. The SMILES string of the molecule is O=C1CC(NCc2ncc(Br)[nH]2)CN1. The smallest absolute Gasteiger partial charge is 0.221 e. The highest BCUT2D eigenvalue weighted by atomic mass is 79.9. The van der Waals surface area contributed by atoms with Gasteiger partial charge in [-0.1, -0.05) is 0 Å². The van der Waals surface area contributed by atoms with Gasteiger partial charge in [0.15, 0.2) is 0 Å². The largest absolute Gasteiger partial charge is 0.354 e. The van der Waals surface area contributed by atoms with E-state index < -0.39 is 0 Å². The van der Waals surface area contributed by atoms with E-state index in [-0.39, 0.29) is 11.9 Å². The lowest BCUT2D eigenvalue weighted by Crippen LogP contribution is -2.30. The van der Waals surface area contributed by atoms with Crippen molar-refractivity contribution < 1.29 is 4.79 Å². The minimum Gasteiger partial charge on any atom is -0.354 e. The number of carbonyl (C=O) groups excluding carboxylic acids is 1. The lowest BCUT2D eigenvalue weighted by Gasteiger charge is -2.07. The van der Waals surface area contributed by atoms with E-state index in [1.807, 2.05) is 0 Å². The van der Waals surface area contributed by atoms with Gasteiger partial charge in [0.2, 0.25) is 5.91 Å². The van der Waals surface area contributed by atoms with Crippen LogP contribution in [0.2, 0.25) is 0 Å². The van der Waals surface area contributed by atoms with Crippen LogP contribution in [-0.2, 0) is 11.3 Å². The molecule has 0 bridgehead atoms. The van der Waals surface area contributed by atoms with Gasteiger partial charge in [-0.15, -0.1) is 0 Å². The number of hydrogen-bond acceptors (Lipinski definition) is 3. The predicted octanol–water partition coefficient (Wildman–Crippen LogP) is 0.150. The van der Waals surface area contributed by atoms with Crippen LogP contribution in [0.3, 0.4) is 0 Å². The van der Waals surface area contributed by atoms with E-state index in [0.29, 0.717) is 19.5 Å². The molecule has 0 aliphatic carbocycles. The number of carbonyl (C=O) groups is 1. The number of amides is 1. The van der Waals surface area contributed by atoms with Gasteiger partial charge in [-0.25, -0.2) is 4.98 Å². The summed E-state index contributed by atoms with van der Waals surface area (Å²) >= 11 is 3.28. The Kier molecular flexibility index (Phi) is 2.83. The number of nitrogens with zero attached hydrogens (tertiary/aromatic N) is 1.